The maximum absolute atomic E-state index is 5.63. The standard InChI is InChI=1S/C17H20N6O3/c1-10(18-3)8-15-19-17(26-21-15)16-11(2)23(22-20-16)12-4-5-13-14(9-12)25-7-6-24-13/h4-5,9-10,18H,6-8H2,1-3H3. The van der Waals surface area contributed by atoms with Gasteiger partial charge in [0.1, 0.15) is 13.2 Å². The Hall–Kier alpha value is -2.94. The zero-order chi connectivity index (χ0) is 18.1. The molecule has 9 heteroatoms. The molecule has 3 heterocycles. The number of likely N-dealkylation sites (N-methyl/N-ethyl adjacent to an activating group) is 1. The third kappa shape index (κ3) is 3.01. The molecule has 0 amide bonds. The number of aromatic nitrogens is 5. The van der Waals surface area contributed by atoms with Crippen molar-refractivity contribution in [3.05, 3.63) is 29.7 Å². The molecule has 1 atom stereocenters. The van der Waals surface area contributed by atoms with Crippen molar-refractivity contribution in [2.24, 2.45) is 0 Å². The number of rotatable bonds is 5. The van der Waals surface area contributed by atoms with Gasteiger partial charge in [-0.1, -0.05) is 10.4 Å². The molecule has 0 saturated heterocycles. The van der Waals surface area contributed by atoms with Crippen LogP contribution in [0.4, 0.5) is 0 Å². The van der Waals surface area contributed by atoms with Crippen LogP contribution in [0.15, 0.2) is 22.7 Å². The Morgan fingerprint density at radius 2 is 2.04 bits per heavy atom. The van der Waals surface area contributed by atoms with Crippen LogP contribution in [0.25, 0.3) is 17.3 Å². The number of nitrogens with zero attached hydrogens (tertiary/aromatic N) is 5. The molecular weight excluding hydrogens is 336 g/mol. The Balaban J connectivity index is 1.62. The van der Waals surface area contributed by atoms with E-state index >= 15 is 0 Å². The van der Waals surface area contributed by atoms with Crippen molar-refractivity contribution in [2.45, 2.75) is 26.3 Å². The maximum atomic E-state index is 5.63. The highest BCUT2D eigenvalue weighted by Crippen LogP contribution is 2.32. The van der Waals surface area contributed by atoms with Gasteiger partial charge in [-0.2, -0.15) is 4.98 Å². The van der Waals surface area contributed by atoms with Crippen LogP contribution in [0.1, 0.15) is 18.4 Å². The van der Waals surface area contributed by atoms with Gasteiger partial charge in [-0.3, -0.25) is 0 Å². The van der Waals surface area contributed by atoms with E-state index in [1.165, 1.54) is 0 Å². The molecular formula is C17H20N6O3. The molecule has 0 spiro atoms. The number of hydrogen-bond acceptors (Lipinski definition) is 8. The van der Waals surface area contributed by atoms with Gasteiger partial charge >= 0.3 is 0 Å². The summed E-state index contributed by atoms with van der Waals surface area (Å²) in [6.07, 6.45) is 0.676. The molecule has 1 aliphatic heterocycles. The Labute approximate surface area is 150 Å². The van der Waals surface area contributed by atoms with Crippen LogP contribution in [-0.2, 0) is 6.42 Å². The minimum atomic E-state index is 0.259. The summed E-state index contributed by atoms with van der Waals surface area (Å²) in [5.74, 6) is 2.43. The van der Waals surface area contributed by atoms with Gasteiger partial charge in [-0.05, 0) is 33.0 Å². The molecule has 2 aromatic heterocycles. The van der Waals surface area contributed by atoms with Crippen molar-refractivity contribution in [1.82, 2.24) is 30.5 Å². The predicted octanol–water partition coefficient (Wildman–Crippen LogP) is 1.55. The summed E-state index contributed by atoms with van der Waals surface area (Å²) in [5.41, 5.74) is 2.20. The lowest BCUT2D eigenvalue weighted by Crippen LogP contribution is -2.24. The smallest absolute Gasteiger partial charge is 0.280 e. The molecule has 0 fully saturated rings. The molecule has 1 N–H and O–H groups in total. The lowest BCUT2D eigenvalue weighted by atomic mass is 10.2. The lowest BCUT2D eigenvalue weighted by molar-refractivity contribution is 0.171. The van der Waals surface area contributed by atoms with Crippen LogP contribution in [0.5, 0.6) is 11.5 Å². The average Bonchev–Trinajstić information content (AvgIpc) is 3.27. The summed E-state index contributed by atoms with van der Waals surface area (Å²) in [4.78, 5) is 4.43. The first kappa shape index (κ1) is 16.5. The molecule has 1 aliphatic rings. The Bertz CT molecular complexity index is 919. The molecule has 4 rings (SSSR count). The summed E-state index contributed by atoms with van der Waals surface area (Å²) in [6.45, 7) is 5.06. The summed E-state index contributed by atoms with van der Waals surface area (Å²) in [5, 5.41) is 15.6. The predicted molar refractivity (Wildman–Crippen MR) is 92.6 cm³/mol. The Morgan fingerprint density at radius 3 is 2.85 bits per heavy atom. The second kappa shape index (κ2) is 6.75. The average molecular weight is 356 g/mol. The van der Waals surface area contributed by atoms with Gasteiger partial charge in [-0.25, -0.2) is 4.68 Å². The molecule has 0 saturated carbocycles. The van der Waals surface area contributed by atoms with Gasteiger partial charge in [0.2, 0.25) is 0 Å². The van der Waals surface area contributed by atoms with Crippen LogP contribution in [0.3, 0.4) is 0 Å². The molecule has 0 bridgehead atoms. The van der Waals surface area contributed by atoms with Crippen molar-refractivity contribution in [3.63, 3.8) is 0 Å². The van der Waals surface area contributed by atoms with Gasteiger partial charge in [0.25, 0.3) is 5.89 Å². The fourth-order valence-corrected chi connectivity index (χ4v) is 2.74. The molecule has 136 valence electrons. The summed E-state index contributed by atoms with van der Waals surface area (Å²) in [6, 6.07) is 5.92. The molecule has 0 aliphatic carbocycles. The second-order valence-corrected chi connectivity index (χ2v) is 6.17. The van der Waals surface area contributed by atoms with E-state index in [1.807, 2.05) is 32.2 Å². The number of hydrogen-bond donors (Lipinski definition) is 1. The SMILES string of the molecule is CNC(C)Cc1noc(-c2nnn(-c3ccc4c(c3)OCCO4)c2C)n1. The van der Waals surface area contributed by atoms with Gasteiger partial charge in [0, 0.05) is 18.5 Å². The van der Waals surface area contributed by atoms with E-state index in [9.17, 15) is 0 Å². The molecule has 0 radical (unpaired) electrons. The van der Waals surface area contributed by atoms with E-state index in [4.69, 9.17) is 14.0 Å². The third-order valence-corrected chi connectivity index (χ3v) is 4.32. The highest BCUT2D eigenvalue weighted by Gasteiger charge is 2.20. The van der Waals surface area contributed by atoms with Gasteiger partial charge < -0.3 is 19.3 Å². The highest BCUT2D eigenvalue weighted by atomic mass is 16.6. The first-order valence-electron chi connectivity index (χ1n) is 8.48. The zero-order valence-electron chi connectivity index (χ0n) is 14.9. The van der Waals surface area contributed by atoms with Gasteiger partial charge in [0.05, 0.1) is 11.4 Å². The van der Waals surface area contributed by atoms with Gasteiger partial charge in [-0.15, -0.1) is 5.10 Å². The monoisotopic (exact) mass is 356 g/mol. The molecule has 1 unspecified atom stereocenters. The topological polar surface area (TPSA) is 100 Å². The first-order chi connectivity index (χ1) is 12.7. The van der Waals surface area contributed by atoms with E-state index in [0.717, 1.165) is 17.1 Å². The zero-order valence-corrected chi connectivity index (χ0v) is 14.9. The second-order valence-electron chi connectivity index (χ2n) is 6.17. The first-order valence-corrected chi connectivity index (χ1v) is 8.48. The normalized spacial score (nSPS) is 14.4. The van der Waals surface area contributed by atoms with E-state index in [1.54, 1.807) is 4.68 Å². The van der Waals surface area contributed by atoms with E-state index in [2.05, 4.69) is 32.7 Å². The minimum Gasteiger partial charge on any atom is -0.486 e. The van der Waals surface area contributed by atoms with Crippen LogP contribution >= 0.6 is 0 Å². The minimum absolute atomic E-state index is 0.259. The van der Waals surface area contributed by atoms with Crippen molar-refractivity contribution >= 4 is 0 Å². The van der Waals surface area contributed by atoms with Crippen LogP contribution < -0.4 is 14.8 Å². The van der Waals surface area contributed by atoms with Crippen LogP contribution in [0, 0.1) is 6.92 Å². The third-order valence-electron chi connectivity index (χ3n) is 4.32. The van der Waals surface area contributed by atoms with Crippen molar-refractivity contribution in [3.8, 4) is 28.8 Å². The largest absolute Gasteiger partial charge is 0.486 e. The quantitative estimate of drug-likeness (QED) is 0.735. The van der Waals surface area contributed by atoms with Crippen molar-refractivity contribution in [2.75, 3.05) is 20.3 Å². The summed E-state index contributed by atoms with van der Waals surface area (Å²) < 4.78 is 18.3. The highest BCUT2D eigenvalue weighted by molar-refractivity contribution is 5.54. The summed E-state index contributed by atoms with van der Waals surface area (Å²) >= 11 is 0. The fourth-order valence-electron chi connectivity index (χ4n) is 2.74. The fraction of sp³-hybridized carbons (Fsp3) is 0.412. The maximum Gasteiger partial charge on any atom is 0.280 e. The number of fused-ring (bicyclic) bond motifs is 1. The summed E-state index contributed by atoms with van der Waals surface area (Å²) in [7, 11) is 1.90. The lowest BCUT2D eigenvalue weighted by Gasteiger charge is -2.18. The van der Waals surface area contributed by atoms with E-state index in [0.29, 0.717) is 42.8 Å². The molecule has 3 aromatic rings. The number of benzene rings is 1. The Kier molecular flexibility index (Phi) is 4.29. The van der Waals surface area contributed by atoms with E-state index < -0.39 is 0 Å². The number of nitrogens with one attached hydrogen (secondary N) is 1. The molecule has 9 nitrogen and oxygen atoms in total. The van der Waals surface area contributed by atoms with Gasteiger partial charge in [0.15, 0.2) is 23.0 Å². The Morgan fingerprint density at radius 1 is 1.23 bits per heavy atom. The number of ether oxygens (including phenoxy) is 2. The van der Waals surface area contributed by atoms with Crippen molar-refractivity contribution < 1.29 is 14.0 Å². The van der Waals surface area contributed by atoms with Crippen molar-refractivity contribution in [1.29, 1.82) is 0 Å². The van der Waals surface area contributed by atoms with Crippen LogP contribution in [-0.4, -0.2) is 51.4 Å². The van der Waals surface area contributed by atoms with Crippen LogP contribution in [0.2, 0.25) is 0 Å². The molecule has 1 aromatic carbocycles. The molecule has 26 heavy (non-hydrogen) atoms. The van der Waals surface area contributed by atoms with E-state index in [-0.39, 0.29) is 6.04 Å².